The van der Waals surface area contributed by atoms with Gasteiger partial charge in [-0.1, -0.05) is 35.5 Å². The van der Waals surface area contributed by atoms with Gasteiger partial charge in [0.25, 0.3) is 5.76 Å². The second kappa shape index (κ2) is 5.63. The van der Waals surface area contributed by atoms with E-state index in [0.717, 1.165) is 0 Å². The first-order valence-electron chi connectivity index (χ1n) is 5.14. The summed E-state index contributed by atoms with van der Waals surface area (Å²) in [6.07, 6.45) is 1.38. The van der Waals surface area contributed by atoms with Crippen molar-refractivity contribution in [2.75, 3.05) is 0 Å². The number of thioether (sulfide) groups is 1. The van der Waals surface area contributed by atoms with Gasteiger partial charge in [-0.25, -0.2) is 4.79 Å². The van der Waals surface area contributed by atoms with Crippen LogP contribution in [0.5, 0.6) is 0 Å². The molecule has 1 heterocycles. The number of para-hydroxylation sites is 1. The van der Waals surface area contributed by atoms with E-state index in [9.17, 15) is 13.6 Å². The minimum Gasteiger partial charge on any atom is -0.477 e. The molecule has 0 aliphatic carbocycles. The van der Waals surface area contributed by atoms with Gasteiger partial charge in [0, 0.05) is 11.1 Å². The average Bonchev–Trinajstić information content (AvgIpc) is 2.71. The molecule has 100 valence electrons. The molecule has 0 aliphatic rings. The van der Waals surface area contributed by atoms with E-state index in [1.807, 2.05) is 0 Å². The predicted octanol–water partition coefficient (Wildman–Crippen LogP) is 4.14. The molecule has 19 heavy (non-hydrogen) atoms. The van der Waals surface area contributed by atoms with E-state index in [-0.39, 0.29) is 15.6 Å². The number of aromatic carboxylic acids is 1. The van der Waals surface area contributed by atoms with Gasteiger partial charge in [-0.2, -0.15) is 8.78 Å². The first-order chi connectivity index (χ1) is 8.99. The monoisotopic (exact) mass is 303 g/mol. The summed E-state index contributed by atoms with van der Waals surface area (Å²) in [7, 11) is 0. The number of carbonyl (C=O) groups is 1. The predicted molar refractivity (Wildman–Crippen MR) is 69.6 cm³/mol. The lowest BCUT2D eigenvalue weighted by molar-refractivity contribution is 0.0688. The van der Waals surface area contributed by atoms with Gasteiger partial charge in [-0.15, -0.1) is 0 Å². The van der Waals surface area contributed by atoms with Gasteiger partial charge in [-0.3, -0.25) is 0 Å². The van der Waals surface area contributed by atoms with Crippen molar-refractivity contribution in [3.63, 3.8) is 0 Å². The van der Waals surface area contributed by atoms with Crippen molar-refractivity contribution in [1.82, 2.24) is 4.57 Å². The molecule has 0 spiro atoms. The number of hydrogen-bond donors (Lipinski definition) is 1. The van der Waals surface area contributed by atoms with Crippen LogP contribution in [0.25, 0.3) is 5.69 Å². The summed E-state index contributed by atoms with van der Waals surface area (Å²) >= 11 is 6.14. The van der Waals surface area contributed by atoms with Gasteiger partial charge in [0.15, 0.2) is 0 Å². The maximum absolute atomic E-state index is 12.5. The number of halogens is 3. The van der Waals surface area contributed by atoms with Crippen LogP contribution in [0.15, 0.2) is 41.4 Å². The van der Waals surface area contributed by atoms with Crippen LogP contribution >= 0.6 is 23.4 Å². The van der Waals surface area contributed by atoms with Crippen molar-refractivity contribution in [2.45, 2.75) is 10.7 Å². The number of rotatable bonds is 4. The van der Waals surface area contributed by atoms with E-state index in [2.05, 4.69) is 0 Å². The maximum Gasteiger partial charge on any atom is 0.352 e. The number of benzene rings is 1. The van der Waals surface area contributed by atoms with Gasteiger partial charge < -0.3 is 9.67 Å². The Bertz CT molecular complexity index is 616. The molecule has 0 saturated heterocycles. The van der Waals surface area contributed by atoms with Gasteiger partial charge >= 0.3 is 5.97 Å². The Hall–Kier alpha value is -1.53. The Morgan fingerprint density at radius 3 is 2.68 bits per heavy atom. The molecular formula is C12H8ClF2NO2S. The second-order valence-corrected chi connectivity index (χ2v) is 5.03. The molecule has 2 aromatic rings. The zero-order valence-corrected chi connectivity index (χ0v) is 11.0. The number of hydrogen-bond acceptors (Lipinski definition) is 2. The summed E-state index contributed by atoms with van der Waals surface area (Å²) in [5.74, 6) is -3.76. The molecule has 0 saturated carbocycles. The lowest BCUT2D eigenvalue weighted by Gasteiger charge is -2.11. The third-order valence-corrected chi connectivity index (χ3v) is 3.33. The smallest absolute Gasteiger partial charge is 0.352 e. The lowest BCUT2D eigenvalue weighted by Crippen LogP contribution is -2.06. The van der Waals surface area contributed by atoms with Crippen LogP contribution in [-0.2, 0) is 0 Å². The Kier molecular flexibility index (Phi) is 4.11. The number of alkyl halides is 2. The van der Waals surface area contributed by atoms with Gasteiger partial charge in [0.1, 0.15) is 5.69 Å². The van der Waals surface area contributed by atoms with Crippen molar-refractivity contribution in [2.24, 2.45) is 0 Å². The van der Waals surface area contributed by atoms with Crippen LogP contribution in [0.2, 0.25) is 5.02 Å². The van der Waals surface area contributed by atoms with E-state index in [1.54, 1.807) is 18.2 Å². The van der Waals surface area contributed by atoms with Crippen LogP contribution in [0.4, 0.5) is 8.78 Å². The summed E-state index contributed by atoms with van der Waals surface area (Å²) in [5.41, 5.74) is 0.282. The van der Waals surface area contributed by atoms with E-state index >= 15 is 0 Å². The van der Waals surface area contributed by atoms with Crippen molar-refractivity contribution in [3.8, 4) is 5.69 Å². The zero-order chi connectivity index (χ0) is 14.0. The number of carboxylic acids is 1. The van der Waals surface area contributed by atoms with Crippen LogP contribution in [0.1, 0.15) is 10.5 Å². The molecule has 0 atom stereocenters. The third kappa shape index (κ3) is 3.08. The molecule has 0 bridgehead atoms. The number of carboxylic acid groups (broad SMARTS) is 1. The van der Waals surface area contributed by atoms with Crippen LogP contribution in [0.3, 0.4) is 0 Å². The standard InChI is InChI=1S/C12H8ClF2NO2S/c13-7-5-9(11(17)18)16(6-7)8-3-1-2-4-10(8)19-12(14)15/h1-6,12H,(H,17,18). The van der Waals surface area contributed by atoms with Crippen molar-refractivity contribution < 1.29 is 18.7 Å². The third-order valence-electron chi connectivity index (χ3n) is 2.35. The lowest BCUT2D eigenvalue weighted by atomic mass is 10.3. The van der Waals surface area contributed by atoms with Gasteiger partial charge in [0.2, 0.25) is 0 Å². The molecule has 1 aromatic heterocycles. The minimum atomic E-state index is -2.58. The zero-order valence-electron chi connectivity index (χ0n) is 9.39. The first-order valence-corrected chi connectivity index (χ1v) is 6.40. The van der Waals surface area contributed by atoms with Crippen LogP contribution in [-0.4, -0.2) is 21.4 Å². The van der Waals surface area contributed by atoms with E-state index < -0.39 is 11.7 Å². The second-order valence-electron chi connectivity index (χ2n) is 3.56. The summed E-state index contributed by atoms with van der Waals surface area (Å²) in [4.78, 5) is 11.4. The highest BCUT2D eigenvalue weighted by Crippen LogP contribution is 2.32. The minimum absolute atomic E-state index is 0.0766. The summed E-state index contributed by atoms with van der Waals surface area (Å²) in [6, 6.07) is 7.59. The summed E-state index contributed by atoms with van der Waals surface area (Å²) in [5, 5.41) is 9.31. The van der Waals surface area contributed by atoms with Crippen molar-refractivity contribution in [1.29, 1.82) is 0 Å². The topological polar surface area (TPSA) is 42.2 Å². The summed E-state index contributed by atoms with van der Waals surface area (Å²) < 4.78 is 26.3. The Labute approximate surface area is 116 Å². The molecular weight excluding hydrogens is 296 g/mol. The van der Waals surface area contributed by atoms with E-state index in [0.29, 0.717) is 17.4 Å². The molecule has 3 nitrogen and oxygen atoms in total. The Morgan fingerprint density at radius 2 is 2.05 bits per heavy atom. The summed E-state index contributed by atoms with van der Waals surface area (Å²) in [6.45, 7) is 0. The largest absolute Gasteiger partial charge is 0.477 e. The number of nitrogens with zero attached hydrogens (tertiary/aromatic N) is 1. The Morgan fingerprint density at radius 1 is 1.37 bits per heavy atom. The quantitative estimate of drug-likeness (QED) is 0.863. The fourth-order valence-electron chi connectivity index (χ4n) is 1.65. The van der Waals surface area contributed by atoms with E-state index in [4.69, 9.17) is 16.7 Å². The molecule has 1 aromatic carbocycles. The van der Waals surface area contributed by atoms with Crippen molar-refractivity contribution in [3.05, 3.63) is 47.2 Å². The normalized spacial score (nSPS) is 10.9. The number of aromatic nitrogens is 1. The highest BCUT2D eigenvalue weighted by molar-refractivity contribution is 7.99. The molecule has 0 amide bonds. The fourth-order valence-corrected chi connectivity index (χ4v) is 2.48. The van der Waals surface area contributed by atoms with Gasteiger partial charge in [0.05, 0.1) is 10.7 Å². The van der Waals surface area contributed by atoms with Crippen molar-refractivity contribution >= 4 is 29.3 Å². The van der Waals surface area contributed by atoms with Gasteiger partial charge in [-0.05, 0) is 18.2 Å². The molecule has 7 heteroatoms. The molecule has 0 fully saturated rings. The molecule has 1 N–H and O–H groups in total. The molecule has 0 aliphatic heterocycles. The first kappa shape index (κ1) is 13.9. The molecule has 0 unspecified atom stereocenters. The Balaban J connectivity index is 2.55. The van der Waals surface area contributed by atoms with Crippen LogP contribution < -0.4 is 0 Å². The molecule has 0 radical (unpaired) electrons. The highest BCUT2D eigenvalue weighted by Gasteiger charge is 2.17. The van der Waals surface area contributed by atoms with E-state index in [1.165, 1.54) is 22.9 Å². The maximum atomic E-state index is 12.5. The highest BCUT2D eigenvalue weighted by atomic mass is 35.5. The average molecular weight is 304 g/mol. The van der Waals surface area contributed by atoms with Crippen LogP contribution in [0, 0.1) is 0 Å². The fraction of sp³-hybridized carbons (Fsp3) is 0.0833. The SMILES string of the molecule is O=C(O)c1cc(Cl)cn1-c1ccccc1SC(F)F. The molecule has 2 rings (SSSR count).